The summed E-state index contributed by atoms with van der Waals surface area (Å²) in [5, 5.41) is 0. The lowest BCUT2D eigenvalue weighted by molar-refractivity contribution is 0.413. The molecule has 0 fully saturated rings. The molecule has 0 saturated carbocycles. The summed E-state index contributed by atoms with van der Waals surface area (Å²) in [6.45, 7) is 2.13. The van der Waals surface area contributed by atoms with Crippen molar-refractivity contribution in [1.82, 2.24) is 9.97 Å². The Labute approximate surface area is 135 Å². The molecule has 4 heteroatoms. The first-order valence-electron chi connectivity index (χ1n) is 7.52. The first-order chi connectivity index (χ1) is 11.3. The first kappa shape index (κ1) is 15.0. The van der Waals surface area contributed by atoms with Gasteiger partial charge in [-0.15, -0.1) is 0 Å². The maximum Gasteiger partial charge on any atom is 0.227 e. The Bertz CT molecular complexity index is 785. The van der Waals surface area contributed by atoms with Crippen LogP contribution < -0.4 is 9.47 Å². The predicted octanol–water partition coefficient (Wildman–Crippen LogP) is 4.51. The molecular formula is C19H18N2O2. The summed E-state index contributed by atoms with van der Waals surface area (Å²) in [5.74, 6) is 1.99. The molecule has 116 valence electrons. The largest absolute Gasteiger partial charge is 0.494 e. The Morgan fingerprint density at radius 2 is 1.78 bits per heavy atom. The van der Waals surface area contributed by atoms with E-state index < -0.39 is 0 Å². The third kappa shape index (κ3) is 3.31. The molecule has 2 aromatic heterocycles. The van der Waals surface area contributed by atoms with Gasteiger partial charge in [0.1, 0.15) is 11.5 Å². The number of methoxy groups -OCH3 is 1. The average Bonchev–Trinajstić information content (AvgIpc) is 2.63. The van der Waals surface area contributed by atoms with Gasteiger partial charge < -0.3 is 9.47 Å². The third-order valence-corrected chi connectivity index (χ3v) is 3.61. The van der Waals surface area contributed by atoms with Crippen molar-refractivity contribution in [3.63, 3.8) is 0 Å². The Balaban J connectivity index is 1.97. The predicted molar refractivity (Wildman–Crippen MR) is 89.9 cm³/mol. The second-order valence-corrected chi connectivity index (χ2v) is 5.03. The molecule has 4 nitrogen and oxygen atoms in total. The summed E-state index contributed by atoms with van der Waals surface area (Å²) in [6, 6.07) is 13.8. The Hall–Kier alpha value is -2.88. The maximum atomic E-state index is 5.98. The van der Waals surface area contributed by atoms with Crippen molar-refractivity contribution in [2.24, 2.45) is 0 Å². The normalized spacial score (nSPS) is 10.3. The molecule has 0 atom stereocenters. The number of ether oxygens (including phenoxy) is 2. The Morgan fingerprint density at radius 1 is 0.957 bits per heavy atom. The Morgan fingerprint density at radius 3 is 2.52 bits per heavy atom. The summed E-state index contributed by atoms with van der Waals surface area (Å²) >= 11 is 0. The summed E-state index contributed by atoms with van der Waals surface area (Å²) < 4.78 is 11.4. The number of nitrogens with zero attached hydrogens (tertiary/aromatic N) is 2. The smallest absolute Gasteiger partial charge is 0.227 e. The van der Waals surface area contributed by atoms with Crippen molar-refractivity contribution in [3.05, 3.63) is 66.6 Å². The Kier molecular flexibility index (Phi) is 4.52. The van der Waals surface area contributed by atoms with Crippen LogP contribution in [0.25, 0.3) is 11.1 Å². The molecule has 0 aliphatic rings. The SMILES string of the molecule is CCc1ccc(Oc2ncccc2-c2ccncc2OC)cc1. The fourth-order valence-corrected chi connectivity index (χ4v) is 2.35. The van der Waals surface area contributed by atoms with Crippen LogP contribution in [0.3, 0.4) is 0 Å². The van der Waals surface area contributed by atoms with Gasteiger partial charge in [-0.05, 0) is 42.3 Å². The molecule has 0 unspecified atom stereocenters. The highest BCUT2D eigenvalue weighted by Gasteiger charge is 2.13. The number of hydrogen-bond donors (Lipinski definition) is 0. The van der Waals surface area contributed by atoms with E-state index in [4.69, 9.17) is 9.47 Å². The van der Waals surface area contributed by atoms with Crippen molar-refractivity contribution in [2.75, 3.05) is 7.11 Å². The highest BCUT2D eigenvalue weighted by Crippen LogP contribution is 2.36. The van der Waals surface area contributed by atoms with E-state index in [-0.39, 0.29) is 0 Å². The molecule has 0 saturated heterocycles. The topological polar surface area (TPSA) is 44.2 Å². The zero-order valence-electron chi connectivity index (χ0n) is 13.2. The van der Waals surface area contributed by atoms with Crippen LogP contribution in [0.15, 0.2) is 61.1 Å². The molecule has 1 aromatic carbocycles. The minimum absolute atomic E-state index is 0.543. The summed E-state index contributed by atoms with van der Waals surface area (Å²) in [4.78, 5) is 8.46. The van der Waals surface area contributed by atoms with E-state index in [1.807, 2.05) is 30.3 Å². The molecule has 0 bridgehead atoms. The number of aryl methyl sites for hydroxylation is 1. The third-order valence-electron chi connectivity index (χ3n) is 3.61. The van der Waals surface area contributed by atoms with Gasteiger partial charge in [-0.3, -0.25) is 4.98 Å². The van der Waals surface area contributed by atoms with E-state index in [0.717, 1.165) is 23.3 Å². The number of benzene rings is 1. The van der Waals surface area contributed by atoms with Gasteiger partial charge in [-0.2, -0.15) is 0 Å². The van der Waals surface area contributed by atoms with E-state index in [9.17, 15) is 0 Å². The highest BCUT2D eigenvalue weighted by atomic mass is 16.5. The van der Waals surface area contributed by atoms with Gasteiger partial charge >= 0.3 is 0 Å². The average molecular weight is 306 g/mol. The van der Waals surface area contributed by atoms with Gasteiger partial charge in [0.05, 0.1) is 13.3 Å². The lowest BCUT2D eigenvalue weighted by Gasteiger charge is -2.12. The van der Waals surface area contributed by atoms with E-state index in [1.54, 1.807) is 25.7 Å². The van der Waals surface area contributed by atoms with Crippen molar-refractivity contribution < 1.29 is 9.47 Å². The van der Waals surface area contributed by atoms with E-state index in [0.29, 0.717) is 11.6 Å². The van der Waals surface area contributed by atoms with Crippen LogP contribution >= 0.6 is 0 Å². The number of aromatic nitrogens is 2. The molecule has 0 spiro atoms. The fourth-order valence-electron chi connectivity index (χ4n) is 2.35. The monoisotopic (exact) mass is 306 g/mol. The lowest BCUT2D eigenvalue weighted by Crippen LogP contribution is -1.94. The standard InChI is InChI=1S/C19H18N2O2/c1-3-14-6-8-15(9-7-14)23-19-17(5-4-11-21-19)16-10-12-20-13-18(16)22-2/h4-13H,3H2,1-2H3. The maximum absolute atomic E-state index is 5.98. The summed E-state index contributed by atoms with van der Waals surface area (Å²) in [6.07, 6.45) is 6.13. The van der Waals surface area contributed by atoms with E-state index in [2.05, 4.69) is 29.0 Å². The molecule has 3 aromatic rings. The summed E-state index contributed by atoms with van der Waals surface area (Å²) in [5.41, 5.74) is 3.04. The number of hydrogen-bond acceptors (Lipinski definition) is 4. The second kappa shape index (κ2) is 6.92. The minimum Gasteiger partial charge on any atom is -0.494 e. The molecule has 2 heterocycles. The lowest BCUT2D eigenvalue weighted by atomic mass is 10.1. The van der Waals surface area contributed by atoms with Gasteiger partial charge in [0.15, 0.2) is 0 Å². The van der Waals surface area contributed by atoms with Crippen molar-refractivity contribution in [3.8, 4) is 28.5 Å². The number of rotatable bonds is 5. The molecule has 23 heavy (non-hydrogen) atoms. The van der Waals surface area contributed by atoms with Gasteiger partial charge in [-0.1, -0.05) is 19.1 Å². The van der Waals surface area contributed by atoms with Crippen molar-refractivity contribution in [2.45, 2.75) is 13.3 Å². The molecule has 0 radical (unpaired) electrons. The van der Waals surface area contributed by atoms with Gasteiger partial charge in [-0.25, -0.2) is 4.98 Å². The van der Waals surface area contributed by atoms with Gasteiger partial charge in [0.25, 0.3) is 0 Å². The van der Waals surface area contributed by atoms with Crippen LogP contribution in [0.5, 0.6) is 17.4 Å². The molecule has 0 aliphatic heterocycles. The molecule has 3 rings (SSSR count). The highest BCUT2D eigenvalue weighted by molar-refractivity contribution is 5.74. The van der Waals surface area contributed by atoms with Crippen LogP contribution in [0, 0.1) is 0 Å². The van der Waals surface area contributed by atoms with E-state index in [1.165, 1.54) is 5.56 Å². The molecule has 0 N–H and O–H groups in total. The van der Waals surface area contributed by atoms with E-state index >= 15 is 0 Å². The van der Waals surface area contributed by atoms with Crippen molar-refractivity contribution in [1.29, 1.82) is 0 Å². The van der Waals surface area contributed by atoms with Crippen LogP contribution in [0.4, 0.5) is 0 Å². The van der Waals surface area contributed by atoms with Crippen LogP contribution in [-0.4, -0.2) is 17.1 Å². The van der Waals surface area contributed by atoms with Crippen LogP contribution in [0.2, 0.25) is 0 Å². The minimum atomic E-state index is 0.543. The van der Waals surface area contributed by atoms with Crippen LogP contribution in [0.1, 0.15) is 12.5 Å². The summed E-state index contributed by atoms with van der Waals surface area (Å²) in [7, 11) is 1.63. The fraction of sp³-hybridized carbons (Fsp3) is 0.158. The van der Waals surface area contributed by atoms with Crippen LogP contribution in [-0.2, 0) is 6.42 Å². The number of pyridine rings is 2. The van der Waals surface area contributed by atoms with Crippen molar-refractivity contribution >= 4 is 0 Å². The first-order valence-corrected chi connectivity index (χ1v) is 7.52. The molecule has 0 amide bonds. The zero-order chi connectivity index (χ0) is 16.1. The molecular weight excluding hydrogens is 288 g/mol. The quantitative estimate of drug-likeness (QED) is 0.696. The second-order valence-electron chi connectivity index (χ2n) is 5.03. The zero-order valence-corrected chi connectivity index (χ0v) is 13.2. The van der Waals surface area contributed by atoms with Gasteiger partial charge in [0.2, 0.25) is 5.88 Å². The molecule has 0 aliphatic carbocycles. The van der Waals surface area contributed by atoms with Gasteiger partial charge in [0, 0.05) is 23.5 Å².